The number of anilines is 1. The van der Waals surface area contributed by atoms with E-state index in [1.165, 1.54) is 13.3 Å². The van der Waals surface area contributed by atoms with Crippen molar-refractivity contribution >= 4 is 28.3 Å². The Kier molecular flexibility index (Phi) is 4.26. The summed E-state index contributed by atoms with van der Waals surface area (Å²) in [6, 6.07) is 11.4. The van der Waals surface area contributed by atoms with Crippen LogP contribution in [0.2, 0.25) is 0 Å². The number of amides is 1. The van der Waals surface area contributed by atoms with E-state index in [0.29, 0.717) is 21.6 Å². The molecule has 1 saturated carbocycles. The molecule has 0 spiro atoms. The van der Waals surface area contributed by atoms with E-state index in [0.717, 1.165) is 35.6 Å². The maximum Gasteiger partial charge on any atom is 0.349 e. The Bertz CT molecular complexity index is 960. The number of nitrogens with one attached hydrogen (secondary N) is 1. The third-order valence-electron chi connectivity index (χ3n) is 4.07. The maximum absolute atomic E-state index is 12.8. The lowest BCUT2D eigenvalue weighted by molar-refractivity contribution is 0.0606. The van der Waals surface area contributed by atoms with Gasteiger partial charge in [-0.3, -0.25) is 10.1 Å². The van der Waals surface area contributed by atoms with E-state index in [1.807, 2.05) is 36.4 Å². The average Bonchev–Trinajstić information content (AvgIpc) is 3.25. The van der Waals surface area contributed by atoms with Gasteiger partial charge >= 0.3 is 5.97 Å². The second-order valence-electron chi connectivity index (χ2n) is 5.95. The van der Waals surface area contributed by atoms with Crippen LogP contribution in [0.3, 0.4) is 0 Å². The molecule has 0 aliphatic heterocycles. The van der Waals surface area contributed by atoms with Gasteiger partial charge in [0.05, 0.1) is 24.7 Å². The Balaban J connectivity index is 1.63. The Morgan fingerprint density at radius 2 is 2.04 bits per heavy atom. The minimum absolute atomic E-state index is 0.320. The summed E-state index contributed by atoms with van der Waals surface area (Å²) < 4.78 is 6.31. The number of carbonyl (C=O) groups is 2. The second kappa shape index (κ2) is 6.72. The Morgan fingerprint density at radius 3 is 2.73 bits per heavy atom. The molecule has 8 heteroatoms. The van der Waals surface area contributed by atoms with Crippen LogP contribution in [0, 0.1) is 0 Å². The summed E-state index contributed by atoms with van der Waals surface area (Å²) in [5.41, 5.74) is 2.18. The zero-order valence-corrected chi connectivity index (χ0v) is 14.8. The molecule has 26 heavy (non-hydrogen) atoms. The minimum atomic E-state index is -0.478. The summed E-state index contributed by atoms with van der Waals surface area (Å²) in [6.07, 6.45) is 3.58. The predicted octanol–water partition coefficient (Wildman–Crippen LogP) is 3.25. The summed E-state index contributed by atoms with van der Waals surface area (Å²) >= 11 is 1.07. The number of hydrogen-bond donors (Lipinski definition) is 1. The third-order valence-corrected chi connectivity index (χ3v) is 4.96. The molecule has 1 N–H and O–H groups in total. The SMILES string of the molecule is COC(=O)c1cnc(NC(=O)c2cc(C3CC3)nn2-c2ccccc2)s1. The lowest BCUT2D eigenvalue weighted by atomic mass is 10.2. The van der Waals surface area contributed by atoms with Crippen molar-refractivity contribution in [1.29, 1.82) is 0 Å². The minimum Gasteiger partial charge on any atom is -0.465 e. The van der Waals surface area contributed by atoms with Gasteiger partial charge in [0.15, 0.2) is 5.13 Å². The molecule has 0 bridgehead atoms. The van der Waals surface area contributed by atoms with E-state index in [1.54, 1.807) is 4.68 Å². The molecule has 2 aromatic heterocycles. The van der Waals surface area contributed by atoms with Crippen LogP contribution in [0.4, 0.5) is 5.13 Å². The fraction of sp³-hybridized carbons (Fsp3) is 0.222. The topological polar surface area (TPSA) is 86.1 Å². The summed E-state index contributed by atoms with van der Waals surface area (Å²) in [7, 11) is 1.30. The van der Waals surface area contributed by atoms with Crippen molar-refractivity contribution < 1.29 is 14.3 Å². The van der Waals surface area contributed by atoms with Gasteiger partial charge in [0, 0.05) is 5.92 Å². The second-order valence-corrected chi connectivity index (χ2v) is 6.98. The van der Waals surface area contributed by atoms with E-state index in [-0.39, 0.29) is 5.91 Å². The predicted molar refractivity (Wildman–Crippen MR) is 96.9 cm³/mol. The monoisotopic (exact) mass is 368 g/mol. The molecule has 0 atom stereocenters. The largest absolute Gasteiger partial charge is 0.465 e. The number of nitrogens with zero attached hydrogens (tertiary/aromatic N) is 3. The molecule has 1 fully saturated rings. The lowest BCUT2D eigenvalue weighted by Crippen LogP contribution is -2.16. The molecule has 1 amide bonds. The standard InChI is InChI=1S/C18H16N4O3S/c1-25-17(24)15-10-19-18(26-15)20-16(23)14-9-13(11-7-8-11)21-22(14)12-5-3-2-4-6-12/h2-6,9-11H,7-8H2,1H3,(H,19,20,23). The molecule has 1 aliphatic carbocycles. The van der Waals surface area contributed by atoms with Crippen LogP contribution in [-0.4, -0.2) is 33.8 Å². The van der Waals surface area contributed by atoms with Crippen LogP contribution in [0.15, 0.2) is 42.6 Å². The van der Waals surface area contributed by atoms with Crippen LogP contribution in [0.5, 0.6) is 0 Å². The number of aromatic nitrogens is 3. The molecule has 0 radical (unpaired) electrons. The van der Waals surface area contributed by atoms with Crippen LogP contribution < -0.4 is 5.32 Å². The Hall–Kier alpha value is -3.00. The highest BCUT2D eigenvalue weighted by Gasteiger charge is 2.29. The van der Waals surface area contributed by atoms with E-state index in [2.05, 4.69) is 20.1 Å². The number of para-hydroxylation sites is 1. The normalized spacial score (nSPS) is 13.4. The highest BCUT2D eigenvalue weighted by molar-refractivity contribution is 7.17. The van der Waals surface area contributed by atoms with E-state index in [4.69, 9.17) is 0 Å². The number of thiazole rings is 1. The fourth-order valence-corrected chi connectivity index (χ4v) is 3.32. The van der Waals surface area contributed by atoms with E-state index >= 15 is 0 Å². The smallest absolute Gasteiger partial charge is 0.349 e. The zero-order chi connectivity index (χ0) is 18.1. The number of benzene rings is 1. The Morgan fingerprint density at radius 1 is 1.27 bits per heavy atom. The number of esters is 1. The summed E-state index contributed by atoms with van der Waals surface area (Å²) in [4.78, 5) is 28.7. The molecular formula is C18H16N4O3S. The quantitative estimate of drug-likeness (QED) is 0.699. The van der Waals surface area contributed by atoms with Crippen molar-refractivity contribution in [2.24, 2.45) is 0 Å². The zero-order valence-electron chi connectivity index (χ0n) is 14.0. The van der Waals surface area contributed by atoms with Crippen LogP contribution >= 0.6 is 11.3 Å². The first-order valence-corrected chi connectivity index (χ1v) is 8.98. The van der Waals surface area contributed by atoms with Crippen molar-refractivity contribution in [3.63, 3.8) is 0 Å². The molecular weight excluding hydrogens is 352 g/mol. The molecule has 2 heterocycles. The average molecular weight is 368 g/mol. The summed E-state index contributed by atoms with van der Waals surface area (Å²) in [6.45, 7) is 0. The maximum atomic E-state index is 12.8. The first kappa shape index (κ1) is 16.5. The third kappa shape index (κ3) is 3.23. The van der Waals surface area contributed by atoms with Gasteiger partial charge < -0.3 is 4.74 Å². The van der Waals surface area contributed by atoms with Gasteiger partial charge in [-0.15, -0.1) is 0 Å². The van der Waals surface area contributed by atoms with Crippen molar-refractivity contribution in [3.05, 3.63) is 58.9 Å². The fourth-order valence-electron chi connectivity index (χ4n) is 2.59. The molecule has 4 rings (SSSR count). The number of carbonyl (C=O) groups excluding carboxylic acids is 2. The van der Waals surface area contributed by atoms with E-state index < -0.39 is 5.97 Å². The lowest BCUT2D eigenvalue weighted by Gasteiger charge is -2.06. The first-order chi connectivity index (χ1) is 12.7. The molecule has 1 aromatic carbocycles. The van der Waals surface area contributed by atoms with Gasteiger partial charge in [0.25, 0.3) is 5.91 Å². The molecule has 0 saturated heterocycles. The molecule has 0 unspecified atom stereocenters. The first-order valence-electron chi connectivity index (χ1n) is 8.16. The van der Waals surface area contributed by atoms with E-state index in [9.17, 15) is 9.59 Å². The molecule has 132 valence electrons. The van der Waals surface area contributed by atoms with Gasteiger partial charge in [-0.25, -0.2) is 14.5 Å². The van der Waals surface area contributed by atoms with Gasteiger partial charge in [0.2, 0.25) is 0 Å². The van der Waals surface area contributed by atoms with Gasteiger partial charge in [-0.2, -0.15) is 5.10 Å². The number of hydrogen-bond acceptors (Lipinski definition) is 6. The van der Waals surface area contributed by atoms with Crippen LogP contribution in [0.1, 0.15) is 44.6 Å². The van der Waals surface area contributed by atoms with Crippen molar-refractivity contribution in [3.8, 4) is 5.69 Å². The van der Waals surface area contributed by atoms with Crippen molar-refractivity contribution in [2.45, 2.75) is 18.8 Å². The van der Waals surface area contributed by atoms with Crippen LogP contribution in [0.25, 0.3) is 5.69 Å². The number of methoxy groups -OCH3 is 1. The molecule has 3 aromatic rings. The summed E-state index contributed by atoms with van der Waals surface area (Å²) in [5.74, 6) is -0.371. The highest BCUT2D eigenvalue weighted by atomic mass is 32.1. The number of rotatable bonds is 5. The molecule has 1 aliphatic rings. The van der Waals surface area contributed by atoms with Gasteiger partial charge in [0.1, 0.15) is 10.6 Å². The van der Waals surface area contributed by atoms with Crippen LogP contribution in [-0.2, 0) is 4.74 Å². The molecule has 7 nitrogen and oxygen atoms in total. The van der Waals surface area contributed by atoms with Crippen molar-refractivity contribution in [2.75, 3.05) is 12.4 Å². The number of ether oxygens (including phenoxy) is 1. The Labute approximate surface area is 153 Å². The summed E-state index contributed by atoms with van der Waals surface area (Å²) in [5, 5.41) is 7.69. The van der Waals surface area contributed by atoms with Crippen molar-refractivity contribution in [1.82, 2.24) is 14.8 Å². The van der Waals surface area contributed by atoms with Gasteiger partial charge in [-0.05, 0) is 31.0 Å². The highest BCUT2D eigenvalue weighted by Crippen LogP contribution is 2.39. The van der Waals surface area contributed by atoms with Gasteiger partial charge in [-0.1, -0.05) is 29.5 Å².